The molecule has 7 rings (SSSR count). The van der Waals surface area contributed by atoms with Gasteiger partial charge >= 0.3 is 0 Å². The lowest BCUT2D eigenvalue weighted by Gasteiger charge is -2.27. The molecule has 0 aliphatic carbocycles. The summed E-state index contributed by atoms with van der Waals surface area (Å²) in [5, 5.41) is 8.97. The quantitative estimate of drug-likeness (QED) is 0.355. The van der Waals surface area contributed by atoms with Gasteiger partial charge in [0.15, 0.2) is 11.3 Å². The van der Waals surface area contributed by atoms with Gasteiger partial charge in [0.05, 0.1) is 24.6 Å². The highest BCUT2D eigenvalue weighted by Crippen LogP contribution is 2.42. The van der Waals surface area contributed by atoms with Gasteiger partial charge in [0.2, 0.25) is 5.91 Å². The topological polar surface area (TPSA) is 83.8 Å². The number of thiophene rings is 1. The number of carbonyl (C=O) groups excluding carboxylic acids is 1. The largest absolute Gasteiger partial charge is 0.440 e. The molecule has 2 fully saturated rings. The van der Waals surface area contributed by atoms with Crippen LogP contribution in [0.2, 0.25) is 0 Å². The first-order chi connectivity index (χ1) is 18.2. The molecule has 1 atom stereocenters. The van der Waals surface area contributed by atoms with Crippen LogP contribution in [0.1, 0.15) is 6.42 Å². The summed E-state index contributed by atoms with van der Waals surface area (Å²) < 4.78 is 14.1. The van der Waals surface area contributed by atoms with Gasteiger partial charge in [-0.1, -0.05) is 30.3 Å². The Bertz CT molecular complexity index is 1730. The van der Waals surface area contributed by atoms with Crippen LogP contribution in [0.15, 0.2) is 69.9 Å². The molecule has 0 bridgehead atoms. The van der Waals surface area contributed by atoms with E-state index in [4.69, 9.17) is 9.15 Å². The molecule has 2 N–H and O–H groups in total. The maximum absolute atomic E-state index is 13.1. The molecular weight excluding hydrogens is 486 g/mol. The first kappa shape index (κ1) is 22.5. The number of amides is 1. The molecule has 0 unspecified atom stereocenters. The van der Waals surface area contributed by atoms with Crippen LogP contribution in [0.4, 0.5) is 11.6 Å². The molecule has 2 aliphatic rings. The Kier molecular flexibility index (Phi) is 5.46. The van der Waals surface area contributed by atoms with Crippen molar-refractivity contribution in [2.45, 2.75) is 12.5 Å². The van der Waals surface area contributed by atoms with Crippen LogP contribution >= 0.6 is 11.3 Å². The van der Waals surface area contributed by atoms with Gasteiger partial charge in [-0.05, 0) is 37.2 Å². The van der Waals surface area contributed by atoms with Crippen LogP contribution in [0.25, 0.3) is 42.3 Å². The summed E-state index contributed by atoms with van der Waals surface area (Å²) in [6, 6.07) is 19.5. The van der Waals surface area contributed by atoms with E-state index in [1.54, 1.807) is 17.4 Å². The Labute approximate surface area is 216 Å². The number of benzene rings is 3. The highest BCUT2D eigenvalue weighted by Gasteiger charge is 2.24. The van der Waals surface area contributed by atoms with Gasteiger partial charge in [0, 0.05) is 56.1 Å². The molecule has 0 radical (unpaired) electrons. The summed E-state index contributed by atoms with van der Waals surface area (Å²) in [5.74, 6) is 0.589. The molecule has 0 spiro atoms. The van der Waals surface area contributed by atoms with E-state index in [9.17, 15) is 9.59 Å². The van der Waals surface area contributed by atoms with E-state index in [0.717, 1.165) is 50.0 Å². The van der Waals surface area contributed by atoms with E-state index in [1.807, 2.05) is 36.4 Å². The predicted molar refractivity (Wildman–Crippen MR) is 149 cm³/mol. The zero-order chi connectivity index (χ0) is 24.9. The molecule has 1 amide bonds. The molecule has 37 heavy (non-hydrogen) atoms. The highest BCUT2D eigenvalue weighted by atomic mass is 32.1. The van der Waals surface area contributed by atoms with Gasteiger partial charge in [0.25, 0.3) is 0 Å². The summed E-state index contributed by atoms with van der Waals surface area (Å²) in [5.41, 5.74) is 3.27. The maximum Gasteiger partial charge on any atom is 0.241 e. The van der Waals surface area contributed by atoms with Crippen LogP contribution in [-0.2, 0) is 9.53 Å². The second-order valence-corrected chi connectivity index (χ2v) is 10.6. The molecule has 5 aromatic rings. The summed E-state index contributed by atoms with van der Waals surface area (Å²) in [7, 11) is 0. The smallest absolute Gasteiger partial charge is 0.241 e. The summed E-state index contributed by atoms with van der Waals surface area (Å²) in [6.45, 7) is 3.50. The number of ether oxygens (including phenoxy) is 1. The lowest BCUT2D eigenvalue weighted by molar-refractivity contribution is -0.119. The number of morpholine rings is 1. The number of nitrogens with zero attached hydrogens (tertiary/aromatic N) is 1. The van der Waals surface area contributed by atoms with Gasteiger partial charge in [-0.3, -0.25) is 9.59 Å². The highest BCUT2D eigenvalue weighted by molar-refractivity contribution is 7.26. The van der Waals surface area contributed by atoms with Crippen molar-refractivity contribution in [2.75, 3.05) is 43.1 Å². The number of anilines is 2. The Morgan fingerprint density at radius 2 is 1.76 bits per heavy atom. The number of para-hydroxylation sites is 1. The van der Waals surface area contributed by atoms with E-state index in [-0.39, 0.29) is 17.4 Å². The van der Waals surface area contributed by atoms with Gasteiger partial charge in [-0.15, -0.1) is 11.3 Å². The number of rotatable bonds is 4. The van der Waals surface area contributed by atoms with Crippen molar-refractivity contribution < 1.29 is 13.9 Å². The Hall–Kier alpha value is -3.72. The first-order valence-electron chi connectivity index (χ1n) is 12.6. The van der Waals surface area contributed by atoms with E-state index in [1.165, 1.54) is 0 Å². The summed E-state index contributed by atoms with van der Waals surface area (Å²) in [6.07, 6.45) is 0.868. The van der Waals surface area contributed by atoms with Crippen molar-refractivity contribution in [3.05, 3.63) is 70.9 Å². The standard InChI is InChI=1S/C29H25N3O4S/c33-24-16-26(32-11-13-35-14-12-32)36-27-18(3-1-6-21(24)27)19-4-2-5-20-22-15-17(7-8-25(22)37-28(19)20)31-29(34)23-9-10-30-23/h1-8,15-16,23,30H,9-14H2,(H,31,34)/t23-/m0/s1. The van der Waals surface area contributed by atoms with Crippen LogP contribution in [0.5, 0.6) is 0 Å². The lowest BCUT2D eigenvalue weighted by Crippen LogP contribution is -2.50. The summed E-state index contributed by atoms with van der Waals surface area (Å²) in [4.78, 5) is 27.6. The summed E-state index contributed by atoms with van der Waals surface area (Å²) >= 11 is 1.71. The SMILES string of the molecule is O=C(Nc1ccc2sc3c(-c4cccc5c(=O)cc(N6CCOCC6)oc45)cccc3c2c1)[C@@H]1CCN1. The molecule has 8 heteroatoms. The van der Waals surface area contributed by atoms with E-state index < -0.39 is 0 Å². The third kappa shape index (κ3) is 3.89. The second-order valence-electron chi connectivity index (χ2n) is 9.51. The average Bonchev–Trinajstić information content (AvgIpc) is 3.26. The molecule has 0 saturated carbocycles. The maximum atomic E-state index is 13.1. The number of fused-ring (bicyclic) bond motifs is 4. The zero-order valence-corrected chi connectivity index (χ0v) is 20.9. The fraction of sp³-hybridized carbons (Fsp3) is 0.241. The Balaban J connectivity index is 1.36. The van der Waals surface area contributed by atoms with Crippen molar-refractivity contribution in [1.82, 2.24) is 5.32 Å². The number of carbonyl (C=O) groups is 1. The van der Waals surface area contributed by atoms with Crippen molar-refractivity contribution in [1.29, 1.82) is 0 Å². The normalized spacial score (nSPS) is 17.8. The van der Waals surface area contributed by atoms with Gasteiger partial charge in [-0.25, -0.2) is 0 Å². The molecule has 3 aromatic carbocycles. The van der Waals surface area contributed by atoms with Crippen LogP contribution in [-0.4, -0.2) is 44.8 Å². The molecule has 186 valence electrons. The molecule has 7 nitrogen and oxygen atoms in total. The third-order valence-electron chi connectivity index (χ3n) is 7.26. The number of hydrogen-bond acceptors (Lipinski definition) is 7. The minimum Gasteiger partial charge on any atom is -0.440 e. The van der Waals surface area contributed by atoms with Gasteiger partial charge in [-0.2, -0.15) is 0 Å². The molecule has 4 heterocycles. The van der Waals surface area contributed by atoms with Crippen molar-refractivity contribution in [2.24, 2.45) is 0 Å². The Morgan fingerprint density at radius 1 is 0.973 bits per heavy atom. The molecule has 2 saturated heterocycles. The fourth-order valence-electron chi connectivity index (χ4n) is 5.15. The monoisotopic (exact) mass is 511 g/mol. The Morgan fingerprint density at radius 3 is 2.54 bits per heavy atom. The molecular formula is C29H25N3O4S. The predicted octanol–water partition coefficient (Wildman–Crippen LogP) is 4.96. The van der Waals surface area contributed by atoms with Crippen molar-refractivity contribution >= 4 is 60.0 Å². The average molecular weight is 512 g/mol. The minimum atomic E-state index is -0.107. The zero-order valence-electron chi connectivity index (χ0n) is 20.1. The van der Waals surface area contributed by atoms with Gasteiger partial charge < -0.3 is 24.7 Å². The van der Waals surface area contributed by atoms with Crippen molar-refractivity contribution in [3.63, 3.8) is 0 Å². The van der Waals surface area contributed by atoms with Crippen LogP contribution in [0.3, 0.4) is 0 Å². The van der Waals surface area contributed by atoms with E-state index >= 15 is 0 Å². The van der Waals surface area contributed by atoms with Crippen molar-refractivity contribution in [3.8, 4) is 11.1 Å². The first-order valence-corrected chi connectivity index (χ1v) is 13.4. The minimum absolute atomic E-state index is 0.00711. The number of hydrogen-bond donors (Lipinski definition) is 2. The third-order valence-corrected chi connectivity index (χ3v) is 8.48. The second kappa shape index (κ2) is 8.99. The fourth-order valence-corrected chi connectivity index (χ4v) is 6.36. The molecule has 2 aliphatic heterocycles. The van der Waals surface area contributed by atoms with Gasteiger partial charge in [0.1, 0.15) is 5.58 Å². The van der Waals surface area contributed by atoms with E-state index in [0.29, 0.717) is 43.2 Å². The van der Waals surface area contributed by atoms with E-state index in [2.05, 4.69) is 33.7 Å². The molecule has 2 aromatic heterocycles. The number of nitrogens with one attached hydrogen (secondary N) is 2. The lowest BCUT2D eigenvalue weighted by atomic mass is 10.0. The van der Waals surface area contributed by atoms with Crippen LogP contribution < -0.4 is 21.0 Å². The van der Waals surface area contributed by atoms with Crippen LogP contribution in [0, 0.1) is 0 Å².